The number of aliphatic hydroxyl groups excluding tert-OH is 1. The fourth-order valence-electron chi connectivity index (χ4n) is 1.10. The lowest BCUT2D eigenvalue weighted by molar-refractivity contribution is 0.461. The lowest BCUT2D eigenvalue weighted by Crippen LogP contribution is -2.21. The summed E-state index contributed by atoms with van der Waals surface area (Å²) in [7, 11) is 0. The predicted octanol–water partition coefficient (Wildman–Crippen LogP) is 4.02. The third kappa shape index (κ3) is 6.98. The van der Waals surface area contributed by atoms with Crippen molar-refractivity contribution in [3.05, 3.63) is 33.1 Å². The second-order valence-electron chi connectivity index (χ2n) is 3.20. The topological polar surface area (TPSA) is 46.2 Å². The summed E-state index contributed by atoms with van der Waals surface area (Å²) in [5.74, 6) is 0. The highest BCUT2D eigenvalue weighted by Gasteiger charge is 2.06. The van der Waals surface area contributed by atoms with Crippen LogP contribution < -0.4 is 5.73 Å². The van der Waals surface area contributed by atoms with Gasteiger partial charge in [0.05, 0.1) is 6.26 Å². The van der Waals surface area contributed by atoms with Gasteiger partial charge in [-0.25, -0.2) is 0 Å². The Kier molecular flexibility index (Phi) is 9.24. The van der Waals surface area contributed by atoms with Gasteiger partial charge in [0.2, 0.25) is 0 Å². The van der Waals surface area contributed by atoms with E-state index in [-0.39, 0.29) is 6.04 Å². The van der Waals surface area contributed by atoms with Crippen LogP contribution >= 0.6 is 34.2 Å². The van der Waals surface area contributed by atoms with E-state index in [0.29, 0.717) is 10.6 Å². The summed E-state index contributed by atoms with van der Waals surface area (Å²) in [4.78, 5) is 0. The van der Waals surface area contributed by atoms with Gasteiger partial charge in [-0.05, 0) is 22.7 Å². The first-order chi connectivity index (χ1) is 7.15. The highest BCUT2D eigenvalue weighted by atomic mass is 127. The molecule has 3 N–H and O–H groups in total. The fourth-order valence-corrected chi connectivity index (χ4v) is 1.89. The third-order valence-corrected chi connectivity index (χ3v) is 2.57. The van der Waals surface area contributed by atoms with E-state index >= 15 is 0 Å². The van der Waals surface area contributed by atoms with Gasteiger partial charge in [0.25, 0.3) is 0 Å². The average molecular weight is 342 g/mol. The first kappa shape index (κ1) is 15.0. The fraction of sp³-hybridized carbons (Fsp3) is 0.455. The number of aliphatic hydroxyl groups is 1. The van der Waals surface area contributed by atoms with Gasteiger partial charge in [0.15, 0.2) is 0 Å². The number of allylic oxidation sites excluding steroid dienone is 2. The lowest BCUT2D eigenvalue weighted by atomic mass is 10.0. The monoisotopic (exact) mass is 341 g/mol. The summed E-state index contributed by atoms with van der Waals surface area (Å²) in [5.41, 5.74) is 6.57. The van der Waals surface area contributed by atoms with Crippen LogP contribution in [0.2, 0.25) is 0 Å². The van der Waals surface area contributed by atoms with E-state index in [1.165, 1.54) is 0 Å². The van der Waals surface area contributed by atoms with Crippen LogP contribution in [0.4, 0.5) is 0 Å². The zero-order valence-electron chi connectivity index (χ0n) is 8.79. The van der Waals surface area contributed by atoms with E-state index in [1.54, 1.807) is 12.2 Å². The highest BCUT2D eigenvalue weighted by Crippen LogP contribution is 2.14. The van der Waals surface area contributed by atoms with Crippen LogP contribution in [-0.4, -0.2) is 11.1 Å². The van der Waals surface area contributed by atoms with Crippen molar-refractivity contribution in [2.24, 2.45) is 5.73 Å². The van der Waals surface area contributed by atoms with Crippen molar-refractivity contribution in [2.75, 3.05) is 0 Å². The van der Waals surface area contributed by atoms with Gasteiger partial charge in [-0.15, -0.1) is 0 Å². The van der Waals surface area contributed by atoms with Gasteiger partial charge in [-0.2, -0.15) is 0 Å². The maximum atomic E-state index is 9.04. The van der Waals surface area contributed by atoms with Crippen LogP contribution in [0.3, 0.4) is 0 Å². The Hall–Kier alpha value is -0.000000000000000111. The molecular formula is C11H17ClINO. The molecule has 0 aliphatic heterocycles. The SMILES string of the molecule is CCCCC(N)C(=C\O)/C=C(Cl)\C=C\I. The van der Waals surface area contributed by atoms with Crippen molar-refractivity contribution in [1.29, 1.82) is 0 Å². The summed E-state index contributed by atoms with van der Waals surface area (Å²) < 4.78 is 1.81. The van der Waals surface area contributed by atoms with Crippen LogP contribution in [0, 0.1) is 0 Å². The standard InChI is InChI=1S/C11H17ClINO/c1-2-3-4-11(14)9(8-15)7-10(12)5-6-13/h5-8,11,15H,2-4,14H2,1H3/b6-5+,9-8-,10-7+. The Morgan fingerprint density at radius 3 is 2.73 bits per heavy atom. The molecule has 0 saturated carbocycles. The zero-order chi connectivity index (χ0) is 11.7. The number of hydrogen-bond donors (Lipinski definition) is 2. The Morgan fingerprint density at radius 1 is 1.60 bits per heavy atom. The summed E-state index contributed by atoms with van der Waals surface area (Å²) in [5, 5.41) is 9.61. The molecule has 0 saturated heterocycles. The summed E-state index contributed by atoms with van der Waals surface area (Å²) in [6.45, 7) is 2.11. The second-order valence-corrected chi connectivity index (χ2v) is 4.36. The Bertz CT molecular complexity index is 261. The number of hydrogen-bond acceptors (Lipinski definition) is 2. The van der Waals surface area contributed by atoms with Crippen LogP contribution in [0.25, 0.3) is 0 Å². The van der Waals surface area contributed by atoms with E-state index in [4.69, 9.17) is 22.4 Å². The van der Waals surface area contributed by atoms with Crippen molar-refractivity contribution in [2.45, 2.75) is 32.2 Å². The predicted molar refractivity (Wildman–Crippen MR) is 75.3 cm³/mol. The lowest BCUT2D eigenvalue weighted by Gasteiger charge is -2.11. The van der Waals surface area contributed by atoms with Gasteiger partial charge in [0.1, 0.15) is 0 Å². The van der Waals surface area contributed by atoms with Crippen molar-refractivity contribution in [3.63, 3.8) is 0 Å². The molecule has 1 unspecified atom stereocenters. The molecule has 1 atom stereocenters. The summed E-state index contributed by atoms with van der Waals surface area (Å²) in [6, 6.07) is -0.147. The van der Waals surface area contributed by atoms with Crippen molar-refractivity contribution < 1.29 is 5.11 Å². The second kappa shape index (κ2) is 9.24. The molecule has 0 fully saturated rings. The number of halogens is 2. The molecule has 0 aliphatic rings. The Labute approximate surface area is 110 Å². The van der Waals surface area contributed by atoms with Crippen molar-refractivity contribution in [1.82, 2.24) is 0 Å². The van der Waals surface area contributed by atoms with E-state index in [2.05, 4.69) is 29.5 Å². The molecule has 0 aromatic heterocycles. The molecule has 0 aromatic rings. The highest BCUT2D eigenvalue weighted by molar-refractivity contribution is 14.1. The molecule has 0 rings (SSSR count). The largest absolute Gasteiger partial charge is 0.515 e. The molecule has 0 spiro atoms. The Morgan fingerprint density at radius 2 is 2.27 bits per heavy atom. The minimum absolute atomic E-state index is 0.147. The number of nitrogens with two attached hydrogens (primary N) is 1. The van der Waals surface area contributed by atoms with Gasteiger partial charge < -0.3 is 10.8 Å². The van der Waals surface area contributed by atoms with Gasteiger partial charge in [-0.1, -0.05) is 54.0 Å². The molecule has 0 heterocycles. The number of rotatable bonds is 6. The maximum absolute atomic E-state index is 9.04. The van der Waals surface area contributed by atoms with Gasteiger partial charge in [-0.3, -0.25) is 0 Å². The summed E-state index contributed by atoms with van der Waals surface area (Å²) in [6.07, 6.45) is 7.47. The molecule has 15 heavy (non-hydrogen) atoms. The van der Waals surface area contributed by atoms with Gasteiger partial charge in [0, 0.05) is 16.6 Å². The van der Waals surface area contributed by atoms with E-state index in [1.807, 2.05) is 4.08 Å². The summed E-state index contributed by atoms with van der Waals surface area (Å²) >= 11 is 7.98. The van der Waals surface area contributed by atoms with Crippen LogP contribution in [-0.2, 0) is 0 Å². The number of unbranched alkanes of at least 4 members (excludes halogenated alkanes) is 1. The molecule has 0 bridgehead atoms. The normalized spacial score (nSPS) is 16.0. The third-order valence-electron chi connectivity index (χ3n) is 1.97. The van der Waals surface area contributed by atoms with Crippen molar-refractivity contribution in [3.8, 4) is 0 Å². The van der Waals surface area contributed by atoms with E-state index in [9.17, 15) is 0 Å². The first-order valence-corrected chi connectivity index (χ1v) is 6.51. The molecule has 0 radical (unpaired) electrons. The molecule has 2 nitrogen and oxygen atoms in total. The van der Waals surface area contributed by atoms with Crippen LogP contribution in [0.15, 0.2) is 33.1 Å². The maximum Gasteiger partial charge on any atom is 0.0839 e. The molecule has 0 amide bonds. The first-order valence-electron chi connectivity index (χ1n) is 4.89. The molecule has 0 aromatic carbocycles. The van der Waals surface area contributed by atoms with E-state index < -0.39 is 0 Å². The smallest absolute Gasteiger partial charge is 0.0839 e. The molecule has 86 valence electrons. The van der Waals surface area contributed by atoms with E-state index in [0.717, 1.165) is 25.5 Å². The molecule has 4 heteroatoms. The van der Waals surface area contributed by atoms with Crippen molar-refractivity contribution >= 4 is 34.2 Å². The van der Waals surface area contributed by atoms with Gasteiger partial charge >= 0.3 is 0 Å². The van der Waals surface area contributed by atoms with Crippen LogP contribution in [0.1, 0.15) is 26.2 Å². The minimum Gasteiger partial charge on any atom is -0.515 e. The average Bonchev–Trinajstić information content (AvgIpc) is 2.22. The Balaban J connectivity index is 4.43. The zero-order valence-corrected chi connectivity index (χ0v) is 11.7. The minimum atomic E-state index is -0.147. The molecular weight excluding hydrogens is 324 g/mol. The van der Waals surface area contributed by atoms with Crippen LogP contribution in [0.5, 0.6) is 0 Å². The quantitative estimate of drug-likeness (QED) is 0.435. The molecule has 0 aliphatic carbocycles.